The van der Waals surface area contributed by atoms with Gasteiger partial charge in [-0.25, -0.2) is 0 Å². The molecule has 3 aromatic rings. The second kappa shape index (κ2) is 10.3. The summed E-state index contributed by atoms with van der Waals surface area (Å²) in [6.45, 7) is 5.68. The fourth-order valence-electron chi connectivity index (χ4n) is 2.92. The van der Waals surface area contributed by atoms with Crippen LogP contribution in [0.2, 0.25) is 0 Å². The van der Waals surface area contributed by atoms with E-state index in [4.69, 9.17) is 4.42 Å². The van der Waals surface area contributed by atoms with Crippen LogP contribution in [-0.4, -0.2) is 23.9 Å². The second-order valence-corrected chi connectivity index (χ2v) is 8.39. The number of benzene rings is 2. The number of hydrogen-bond donors (Lipinski definition) is 1. The van der Waals surface area contributed by atoms with Gasteiger partial charge in [-0.1, -0.05) is 42.5 Å². The average Bonchev–Trinajstić information content (AvgIpc) is 3.21. The van der Waals surface area contributed by atoms with E-state index in [0.717, 1.165) is 17.7 Å². The molecule has 0 saturated heterocycles. The van der Waals surface area contributed by atoms with Crippen molar-refractivity contribution in [2.75, 3.05) is 7.05 Å². The number of rotatable bonds is 9. The van der Waals surface area contributed by atoms with E-state index in [1.165, 1.54) is 10.5 Å². The molecule has 0 aliphatic rings. The Morgan fingerprint density at radius 2 is 1.69 bits per heavy atom. The van der Waals surface area contributed by atoms with Gasteiger partial charge in [0, 0.05) is 35.3 Å². The monoisotopic (exact) mass is 408 g/mol. The van der Waals surface area contributed by atoms with E-state index in [-0.39, 0.29) is 5.91 Å². The number of carbonyl (C=O) groups excluding carboxylic acids is 1. The molecule has 0 unspecified atom stereocenters. The van der Waals surface area contributed by atoms with Crippen LogP contribution in [-0.2, 0) is 18.8 Å². The van der Waals surface area contributed by atoms with Crippen molar-refractivity contribution in [1.29, 1.82) is 0 Å². The third-order valence-corrected chi connectivity index (χ3v) is 6.01. The molecule has 0 saturated carbocycles. The van der Waals surface area contributed by atoms with Gasteiger partial charge in [0.1, 0.15) is 0 Å². The van der Waals surface area contributed by atoms with E-state index in [1.807, 2.05) is 36.4 Å². The van der Waals surface area contributed by atoms with Gasteiger partial charge in [0.15, 0.2) is 5.76 Å². The predicted molar refractivity (Wildman–Crippen MR) is 119 cm³/mol. The standard InChI is InChI=1S/C24H28N2O2S/c1-18(2)26(3)16-20-10-8-7-9-19(20)15-25-24(27)23-21(13-14-28-23)17-29-22-11-5-4-6-12-22/h4-14,18H,15-17H2,1-3H3,(H,25,27). The smallest absolute Gasteiger partial charge is 0.287 e. The molecule has 0 aliphatic carbocycles. The number of amides is 1. The lowest BCUT2D eigenvalue weighted by Gasteiger charge is -2.22. The molecule has 1 aromatic heterocycles. The Kier molecular flexibility index (Phi) is 7.55. The lowest BCUT2D eigenvalue weighted by Crippen LogP contribution is -2.27. The second-order valence-electron chi connectivity index (χ2n) is 7.34. The van der Waals surface area contributed by atoms with Gasteiger partial charge in [-0.2, -0.15) is 0 Å². The largest absolute Gasteiger partial charge is 0.459 e. The van der Waals surface area contributed by atoms with Crippen molar-refractivity contribution in [2.45, 2.75) is 43.6 Å². The van der Waals surface area contributed by atoms with Gasteiger partial charge < -0.3 is 9.73 Å². The fraction of sp³-hybridized carbons (Fsp3) is 0.292. The predicted octanol–water partition coefficient (Wildman–Crippen LogP) is 5.34. The molecule has 0 radical (unpaired) electrons. The molecule has 2 aromatic carbocycles. The van der Waals surface area contributed by atoms with Gasteiger partial charge in [-0.05, 0) is 50.2 Å². The molecule has 4 nitrogen and oxygen atoms in total. The number of thioether (sulfide) groups is 1. The minimum atomic E-state index is -0.175. The van der Waals surface area contributed by atoms with E-state index in [1.54, 1.807) is 18.0 Å². The topological polar surface area (TPSA) is 45.5 Å². The normalized spacial score (nSPS) is 11.2. The van der Waals surface area contributed by atoms with Crippen LogP contribution in [0.5, 0.6) is 0 Å². The Labute approximate surface area is 177 Å². The molecule has 3 rings (SSSR count). The summed E-state index contributed by atoms with van der Waals surface area (Å²) in [5.74, 6) is 0.912. The zero-order chi connectivity index (χ0) is 20.6. The highest BCUT2D eigenvalue weighted by atomic mass is 32.2. The van der Waals surface area contributed by atoms with Crippen molar-refractivity contribution in [3.05, 3.63) is 89.4 Å². The van der Waals surface area contributed by atoms with Crippen LogP contribution in [0.15, 0.2) is 76.2 Å². The van der Waals surface area contributed by atoms with Gasteiger partial charge in [-0.3, -0.25) is 9.69 Å². The van der Waals surface area contributed by atoms with Crippen LogP contribution in [0.1, 0.15) is 41.1 Å². The first-order valence-electron chi connectivity index (χ1n) is 9.84. The maximum atomic E-state index is 12.7. The van der Waals surface area contributed by atoms with Gasteiger partial charge in [0.25, 0.3) is 5.91 Å². The molecule has 152 valence electrons. The van der Waals surface area contributed by atoms with Crippen molar-refractivity contribution in [3.63, 3.8) is 0 Å². The molecule has 1 heterocycles. The molecule has 0 fully saturated rings. The van der Waals surface area contributed by atoms with Crippen molar-refractivity contribution in [1.82, 2.24) is 10.2 Å². The average molecular weight is 409 g/mol. The van der Waals surface area contributed by atoms with Crippen LogP contribution < -0.4 is 5.32 Å². The molecular weight excluding hydrogens is 380 g/mol. The number of nitrogens with one attached hydrogen (secondary N) is 1. The first-order chi connectivity index (χ1) is 14.0. The van der Waals surface area contributed by atoms with Crippen LogP contribution in [0.3, 0.4) is 0 Å². The number of furan rings is 1. The van der Waals surface area contributed by atoms with E-state index >= 15 is 0 Å². The first kappa shape index (κ1) is 21.2. The lowest BCUT2D eigenvalue weighted by molar-refractivity contribution is 0.0922. The Hall–Kier alpha value is -2.50. The molecule has 1 amide bonds. The lowest BCUT2D eigenvalue weighted by atomic mass is 10.1. The molecule has 5 heteroatoms. The Balaban J connectivity index is 1.61. The summed E-state index contributed by atoms with van der Waals surface area (Å²) in [4.78, 5) is 16.2. The maximum absolute atomic E-state index is 12.7. The highest BCUT2D eigenvalue weighted by Gasteiger charge is 2.16. The SMILES string of the molecule is CC(C)N(C)Cc1ccccc1CNC(=O)c1occc1CSc1ccccc1. The highest BCUT2D eigenvalue weighted by molar-refractivity contribution is 7.98. The minimum Gasteiger partial charge on any atom is -0.459 e. The number of hydrogen-bond acceptors (Lipinski definition) is 4. The van der Waals surface area contributed by atoms with E-state index in [2.05, 4.69) is 55.4 Å². The van der Waals surface area contributed by atoms with Crippen molar-refractivity contribution in [3.8, 4) is 0 Å². The van der Waals surface area contributed by atoms with Gasteiger partial charge in [0.2, 0.25) is 0 Å². The van der Waals surface area contributed by atoms with Crippen LogP contribution in [0.25, 0.3) is 0 Å². The summed E-state index contributed by atoms with van der Waals surface area (Å²) in [6, 6.07) is 20.7. The third-order valence-electron chi connectivity index (χ3n) is 4.95. The summed E-state index contributed by atoms with van der Waals surface area (Å²) in [5, 5.41) is 3.02. The highest BCUT2D eigenvalue weighted by Crippen LogP contribution is 2.25. The summed E-state index contributed by atoms with van der Waals surface area (Å²) in [6.07, 6.45) is 1.58. The third kappa shape index (κ3) is 5.99. The summed E-state index contributed by atoms with van der Waals surface area (Å²) in [5.41, 5.74) is 3.26. The molecule has 1 N–H and O–H groups in total. The molecule has 0 aliphatic heterocycles. The van der Waals surface area contributed by atoms with Crippen LogP contribution >= 0.6 is 11.8 Å². The van der Waals surface area contributed by atoms with Crippen molar-refractivity contribution in [2.24, 2.45) is 0 Å². The minimum absolute atomic E-state index is 0.175. The zero-order valence-electron chi connectivity index (χ0n) is 17.2. The van der Waals surface area contributed by atoms with E-state index < -0.39 is 0 Å². The Morgan fingerprint density at radius 1 is 1.00 bits per heavy atom. The van der Waals surface area contributed by atoms with Crippen molar-refractivity contribution < 1.29 is 9.21 Å². The summed E-state index contributed by atoms with van der Waals surface area (Å²) in [7, 11) is 2.11. The van der Waals surface area contributed by atoms with E-state index in [0.29, 0.717) is 24.1 Å². The zero-order valence-corrected chi connectivity index (χ0v) is 18.0. The van der Waals surface area contributed by atoms with Gasteiger partial charge in [0.05, 0.1) is 6.26 Å². The summed E-state index contributed by atoms with van der Waals surface area (Å²) < 4.78 is 5.50. The first-order valence-corrected chi connectivity index (χ1v) is 10.8. The Morgan fingerprint density at radius 3 is 2.41 bits per heavy atom. The fourth-order valence-corrected chi connectivity index (χ4v) is 3.82. The van der Waals surface area contributed by atoms with Crippen LogP contribution in [0.4, 0.5) is 0 Å². The van der Waals surface area contributed by atoms with E-state index in [9.17, 15) is 4.79 Å². The van der Waals surface area contributed by atoms with Crippen molar-refractivity contribution >= 4 is 17.7 Å². The Bertz CT molecular complexity index is 921. The quantitative estimate of drug-likeness (QED) is 0.485. The van der Waals surface area contributed by atoms with Gasteiger partial charge in [-0.15, -0.1) is 11.8 Å². The summed E-state index contributed by atoms with van der Waals surface area (Å²) >= 11 is 1.69. The van der Waals surface area contributed by atoms with Crippen LogP contribution in [0, 0.1) is 0 Å². The maximum Gasteiger partial charge on any atom is 0.287 e. The molecule has 29 heavy (non-hydrogen) atoms. The molecular formula is C24H28N2O2S. The van der Waals surface area contributed by atoms with Gasteiger partial charge >= 0.3 is 0 Å². The molecule has 0 bridgehead atoms. The molecule has 0 spiro atoms. The molecule has 0 atom stereocenters. The number of carbonyl (C=O) groups is 1. The number of nitrogens with zero attached hydrogens (tertiary/aromatic N) is 1.